The zero-order valence-corrected chi connectivity index (χ0v) is 11.2. The van der Waals surface area contributed by atoms with Gasteiger partial charge in [0, 0.05) is 30.4 Å². The van der Waals surface area contributed by atoms with Gasteiger partial charge in [0.05, 0.1) is 6.17 Å². The molecule has 0 radical (unpaired) electrons. The molecule has 1 amide bonds. The van der Waals surface area contributed by atoms with Crippen molar-refractivity contribution in [3.8, 4) is 0 Å². The maximum Gasteiger partial charge on any atom is 0.252 e. The van der Waals surface area contributed by atoms with Crippen LogP contribution in [-0.4, -0.2) is 17.1 Å². The summed E-state index contributed by atoms with van der Waals surface area (Å²) < 4.78 is 12.8. The topological polar surface area (TPSA) is 66.0 Å². The number of aromatic nitrogens is 1. The van der Waals surface area contributed by atoms with Crippen LogP contribution in [0.2, 0.25) is 0 Å². The highest BCUT2D eigenvalue weighted by atomic mass is 19.1. The molecule has 108 valence electrons. The van der Waals surface area contributed by atoms with Crippen molar-refractivity contribution in [2.75, 3.05) is 0 Å². The van der Waals surface area contributed by atoms with Crippen LogP contribution in [0.3, 0.4) is 0 Å². The number of hydrazine groups is 1. The summed E-state index contributed by atoms with van der Waals surface area (Å²) in [6.45, 7) is 0. The SMILES string of the molecule is O=C(NC1CC(c2ccncc2)NN1)c1ccc(F)cc1. The van der Waals surface area contributed by atoms with Crippen LogP contribution >= 0.6 is 0 Å². The molecule has 2 atom stereocenters. The predicted octanol–water partition coefficient (Wildman–Crippen LogP) is 1.52. The van der Waals surface area contributed by atoms with Gasteiger partial charge in [-0.15, -0.1) is 0 Å². The lowest BCUT2D eigenvalue weighted by Crippen LogP contribution is -2.44. The van der Waals surface area contributed by atoms with Gasteiger partial charge in [0.25, 0.3) is 5.91 Å². The number of nitrogens with one attached hydrogen (secondary N) is 3. The molecule has 1 aromatic heterocycles. The predicted molar refractivity (Wildman–Crippen MR) is 75.5 cm³/mol. The smallest absolute Gasteiger partial charge is 0.252 e. The second kappa shape index (κ2) is 5.99. The number of carbonyl (C=O) groups excluding carboxylic acids is 1. The van der Waals surface area contributed by atoms with E-state index in [1.807, 2.05) is 12.1 Å². The molecule has 2 aromatic rings. The standard InChI is InChI=1S/C15H15FN4O/c16-12-3-1-11(2-4-12)15(21)18-14-9-13(19-20-14)10-5-7-17-8-6-10/h1-8,13-14,19-20H,9H2,(H,18,21). The van der Waals surface area contributed by atoms with Gasteiger partial charge in [-0.05, 0) is 42.0 Å². The molecule has 0 saturated carbocycles. The first-order valence-corrected chi connectivity index (χ1v) is 6.70. The van der Waals surface area contributed by atoms with Crippen LogP contribution in [0.1, 0.15) is 28.4 Å². The lowest BCUT2D eigenvalue weighted by molar-refractivity contribution is 0.0932. The lowest BCUT2D eigenvalue weighted by atomic mass is 10.1. The van der Waals surface area contributed by atoms with Crippen LogP contribution in [0.15, 0.2) is 48.8 Å². The summed E-state index contributed by atoms with van der Waals surface area (Å²) in [7, 11) is 0. The number of carbonyl (C=O) groups is 1. The van der Waals surface area contributed by atoms with Crippen LogP contribution in [0, 0.1) is 5.82 Å². The van der Waals surface area contributed by atoms with Crippen molar-refractivity contribution < 1.29 is 9.18 Å². The minimum Gasteiger partial charge on any atom is -0.335 e. The van der Waals surface area contributed by atoms with E-state index in [2.05, 4.69) is 21.2 Å². The molecular weight excluding hydrogens is 271 g/mol. The Bertz CT molecular complexity index is 617. The number of halogens is 1. The summed E-state index contributed by atoms with van der Waals surface area (Å²) >= 11 is 0. The van der Waals surface area contributed by atoms with Gasteiger partial charge < -0.3 is 5.32 Å². The molecule has 3 rings (SSSR count). The third-order valence-corrected chi connectivity index (χ3v) is 3.42. The summed E-state index contributed by atoms with van der Waals surface area (Å²) in [5, 5.41) is 2.86. The van der Waals surface area contributed by atoms with Crippen molar-refractivity contribution in [3.63, 3.8) is 0 Å². The second-order valence-corrected chi connectivity index (χ2v) is 4.89. The number of nitrogens with zero attached hydrogens (tertiary/aromatic N) is 1. The monoisotopic (exact) mass is 286 g/mol. The Morgan fingerprint density at radius 1 is 1.14 bits per heavy atom. The summed E-state index contributed by atoms with van der Waals surface area (Å²) in [6.07, 6.45) is 4.01. The van der Waals surface area contributed by atoms with E-state index in [1.165, 1.54) is 24.3 Å². The Hall–Kier alpha value is -2.31. The number of hydrogen-bond acceptors (Lipinski definition) is 4. The molecular formula is C15H15FN4O. The summed E-state index contributed by atoms with van der Waals surface area (Å²) in [6, 6.07) is 9.46. The van der Waals surface area contributed by atoms with Gasteiger partial charge in [-0.3, -0.25) is 9.78 Å². The maximum atomic E-state index is 12.8. The molecule has 1 aliphatic heterocycles. The van der Waals surface area contributed by atoms with E-state index in [4.69, 9.17) is 0 Å². The molecule has 2 unspecified atom stereocenters. The van der Waals surface area contributed by atoms with Crippen molar-refractivity contribution >= 4 is 5.91 Å². The first-order chi connectivity index (χ1) is 10.2. The molecule has 21 heavy (non-hydrogen) atoms. The number of hydrogen-bond donors (Lipinski definition) is 3. The zero-order valence-electron chi connectivity index (χ0n) is 11.2. The summed E-state index contributed by atoms with van der Waals surface area (Å²) in [5.74, 6) is -0.588. The molecule has 0 bridgehead atoms. The molecule has 5 nitrogen and oxygen atoms in total. The van der Waals surface area contributed by atoms with Gasteiger partial charge in [0.2, 0.25) is 0 Å². The van der Waals surface area contributed by atoms with Crippen LogP contribution in [0.4, 0.5) is 4.39 Å². The highest BCUT2D eigenvalue weighted by Gasteiger charge is 2.26. The number of rotatable bonds is 3. The molecule has 1 aromatic carbocycles. The summed E-state index contributed by atoms with van der Waals surface area (Å²) in [4.78, 5) is 16.0. The Morgan fingerprint density at radius 2 is 1.86 bits per heavy atom. The third-order valence-electron chi connectivity index (χ3n) is 3.42. The molecule has 0 aliphatic carbocycles. The van der Waals surface area contributed by atoms with Gasteiger partial charge in [0.15, 0.2) is 0 Å². The summed E-state index contributed by atoms with van der Waals surface area (Å²) in [5.41, 5.74) is 7.72. The van der Waals surface area contributed by atoms with E-state index in [-0.39, 0.29) is 23.9 Å². The Balaban J connectivity index is 1.60. The van der Waals surface area contributed by atoms with E-state index in [0.29, 0.717) is 5.56 Å². The van der Waals surface area contributed by atoms with E-state index in [0.717, 1.165) is 12.0 Å². The number of benzene rings is 1. The Kier molecular flexibility index (Phi) is 3.89. The van der Waals surface area contributed by atoms with Crippen molar-refractivity contribution in [3.05, 3.63) is 65.7 Å². The third kappa shape index (κ3) is 3.24. The first kappa shape index (κ1) is 13.7. The average Bonchev–Trinajstić information content (AvgIpc) is 2.97. The van der Waals surface area contributed by atoms with Gasteiger partial charge in [0.1, 0.15) is 5.82 Å². The van der Waals surface area contributed by atoms with Gasteiger partial charge in [-0.25, -0.2) is 15.2 Å². The minimum absolute atomic E-state index is 0.117. The largest absolute Gasteiger partial charge is 0.335 e. The van der Waals surface area contributed by atoms with Crippen molar-refractivity contribution in [2.24, 2.45) is 0 Å². The number of amides is 1. The number of pyridine rings is 1. The van der Waals surface area contributed by atoms with Crippen molar-refractivity contribution in [1.82, 2.24) is 21.2 Å². The van der Waals surface area contributed by atoms with E-state index in [9.17, 15) is 9.18 Å². The van der Waals surface area contributed by atoms with Crippen LogP contribution in [0.5, 0.6) is 0 Å². The fraction of sp³-hybridized carbons (Fsp3) is 0.200. The molecule has 6 heteroatoms. The van der Waals surface area contributed by atoms with Gasteiger partial charge in [-0.1, -0.05) is 0 Å². The van der Waals surface area contributed by atoms with Crippen LogP contribution in [0.25, 0.3) is 0 Å². The van der Waals surface area contributed by atoms with Gasteiger partial charge >= 0.3 is 0 Å². The van der Waals surface area contributed by atoms with Crippen LogP contribution < -0.4 is 16.2 Å². The molecule has 1 aliphatic rings. The highest BCUT2D eigenvalue weighted by molar-refractivity contribution is 5.94. The van der Waals surface area contributed by atoms with E-state index >= 15 is 0 Å². The van der Waals surface area contributed by atoms with Crippen LogP contribution in [-0.2, 0) is 0 Å². The molecule has 0 spiro atoms. The van der Waals surface area contributed by atoms with E-state index in [1.54, 1.807) is 12.4 Å². The van der Waals surface area contributed by atoms with Crippen molar-refractivity contribution in [2.45, 2.75) is 18.6 Å². The average molecular weight is 286 g/mol. The lowest BCUT2D eigenvalue weighted by Gasteiger charge is -2.12. The fourth-order valence-corrected chi connectivity index (χ4v) is 2.31. The van der Waals surface area contributed by atoms with E-state index < -0.39 is 0 Å². The first-order valence-electron chi connectivity index (χ1n) is 6.70. The fourth-order valence-electron chi connectivity index (χ4n) is 2.31. The second-order valence-electron chi connectivity index (χ2n) is 4.89. The zero-order chi connectivity index (χ0) is 14.7. The normalized spacial score (nSPS) is 21.2. The van der Waals surface area contributed by atoms with Gasteiger partial charge in [-0.2, -0.15) is 0 Å². The molecule has 3 N–H and O–H groups in total. The van der Waals surface area contributed by atoms with Crippen molar-refractivity contribution in [1.29, 1.82) is 0 Å². The molecule has 1 fully saturated rings. The Morgan fingerprint density at radius 3 is 2.57 bits per heavy atom. The molecule has 1 saturated heterocycles. The quantitative estimate of drug-likeness (QED) is 0.800. The highest BCUT2D eigenvalue weighted by Crippen LogP contribution is 2.20. The maximum absolute atomic E-state index is 12.8. The Labute approximate surface area is 121 Å². The minimum atomic E-state index is -0.357. The molecule has 2 heterocycles.